The molecule has 2 rings (SSSR count). The summed E-state index contributed by atoms with van der Waals surface area (Å²) in [6.07, 6.45) is -4.78. The normalized spacial score (nSPS) is 12.6. The van der Waals surface area contributed by atoms with Crippen molar-refractivity contribution in [3.8, 4) is 11.5 Å². The van der Waals surface area contributed by atoms with E-state index in [2.05, 4.69) is 4.74 Å². The number of halogens is 4. The van der Waals surface area contributed by atoms with Crippen LogP contribution in [0.25, 0.3) is 0 Å². The van der Waals surface area contributed by atoms with E-state index in [0.717, 1.165) is 23.1 Å². The molecule has 0 unspecified atom stereocenters. The Morgan fingerprint density at radius 1 is 1.25 bits per heavy atom. The first-order chi connectivity index (χ1) is 8.87. The highest BCUT2D eigenvalue weighted by Crippen LogP contribution is 2.34. The topological polar surface area (TPSA) is 55.5 Å². The number of thiophene rings is 1. The van der Waals surface area contributed by atoms with Crippen molar-refractivity contribution < 1.29 is 23.0 Å². The molecule has 1 aromatic heterocycles. The summed E-state index contributed by atoms with van der Waals surface area (Å²) in [6.45, 7) is 0. The van der Waals surface area contributed by atoms with Crippen molar-refractivity contribution in [2.75, 3.05) is 0 Å². The zero-order valence-corrected chi connectivity index (χ0v) is 11.6. The zero-order valence-electron chi connectivity index (χ0n) is 9.92. The first kappa shape index (κ1) is 16.6. The van der Waals surface area contributed by atoms with Gasteiger partial charge in [0.2, 0.25) is 0 Å². The van der Waals surface area contributed by atoms with Gasteiger partial charge in [0.1, 0.15) is 11.5 Å². The molecular formula is C12H11ClF3NO2S. The van der Waals surface area contributed by atoms with Crippen LogP contribution in [0.2, 0.25) is 0 Å². The summed E-state index contributed by atoms with van der Waals surface area (Å²) in [5.41, 5.74) is 6.09. The zero-order chi connectivity index (χ0) is 14.0. The lowest BCUT2D eigenvalue weighted by molar-refractivity contribution is -0.274. The molecule has 3 nitrogen and oxygen atoms in total. The van der Waals surface area contributed by atoms with E-state index in [4.69, 9.17) is 5.73 Å². The number of hydrogen-bond acceptors (Lipinski definition) is 4. The summed E-state index contributed by atoms with van der Waals surface area (Å²) in [5, 5.41) is 11.5. The van der Waals surface area contributed by atoms with Gasteiger partial charge < -0.3 is 15.6 Å². The molecule has 0 spiro atoms. The fourth-order valence-corrected chi connectivity index (χ4v) is 2.35. The second kappa shape index (κ2) is 6.34. The molecule has 2 aromatic rings. The number of aromatic hydroxyl groups is 1. The fourth-order valence-electron chi connectivity index (χ4n) is 1.60. The van der Waals surface area contributed by atoms with E-state index in [-0.39, 0.29) is 23.7 Å². The molecule has 0 radical (unpaired) electrons. The van der Waals surface area contributed by atoms with Crippen molar-refractivity contribution in [2.45, 2.75) is 12.4 Å². The van der Waals surface area contributed by atoms with Crippen LogP contribution in [-0.2, 0) is 0 Å². The quantitative estimate of drug-likeness (QED) is 0.902. The smallest absolute Gasteiger partial charge is 0.508 e. The Morgan fingerprint density at radius 2 is 1.95 bits per heavy atom. The number of ether oxygens (including phenoxy) is 1. The molecule has 1 heterocycles. The maximum absolute atomic E-state index is 12.1. The Balaban J connectivity index is 0.00000200. The molecule has 0 amide bonds. The molecule has 110 valence electrons. The number of hydrogen-bond donors (Lipinski definition) is 2. The number of phenols is 1. The molecular weight excluding hydrogens is 315 g/mol. The van der Waals surface area contributed by atoms with E-state index in [1.54, 1.807) is 17.5 Å². The summed E-state index contributed by atoms with van der Waals surface area (Å²) in [7, 11) is 0. The first-order valence-electron chi connectivity index (χ1n) is 5.24. The van der Waals surface area contributed by atoms with E-state index in [0.29, 0.717) is 0 Å². The molecule has 0 saturated carbocycles. The molecule has 8 heteroatoms. The van der Waals surface area contributed by atoms with Gasteiger partial charge in [0.25, 0.3) is 0 Å². The lowest BCUT2D eigenvalue weighted by Gasteiger charge is -2.15. The number of alkyl halides is 3. The molecule has 0 aliphatic rings. The molecule has 0 saturated heterocycles. The average Bonchev–Trinajstić information content (AvgIpc) is 2.82. The van der Waals surface area contributed by atoms with Crippen molar-refractivity contribution in [3.05, 3.63) is 46.2 Å². The second-order valence-corrected chi connectivity index (χ2v) is 4.74. The Kier molecular flexibility index (Phi) is 5.27. The van der Waals surface area contributed by atoms with Crippen molar-refractivity contribution in [1.29, 1.82) is 0 Å². The number of nitrogens with two attached hydrogens (primary N) is 1. The fraction of sp³-hybridized carbons (Fsp3) is 0.167. The van der Waals surface area contributed by atoms with Crippen molar-refractivity contribution in [2.24, 2.45) is 5.73 Å². The SMILES string of the molecule is Cl.N[C@@H](c1cccs1)c1cc(OC(F)(F)F)ccc1O. The van der Waals surface area contributed by atoms with Crippen LogP contribution in [0.4, 0.5) is 13.2 Å². The van der Waals surface area contributed by atoms with Crippen molar-refractivity contribution in [3.63, 3.8) is 0 Å². The van der Waals surface area contributed by atoms with Gasteiger partial charge in [-0.2, -0.15) is 0 Å². The van der Waals surface area contributed by atoms with Crippen molar-refractivity contribution >= 4 is 23.7 Å². The molecule has 0 bridgehead atoms. The average molecular weight is 326 g/mol. The maximum atomic E-state index is 12.1. The number of rotatable bonds is 3. The highest BCUT2D eigenvalue weighted by molar-refractivity contribution is 7.10. The molecule has 3 N–H and O–H groups in total. The van der Waals surface area contributed by atoms with Crippen LogP contribution in [0.3, 0.4) is 0 Å². The minimum absolute atomic E-state index is 0. The van der Waals surface area contributed by atoms with E-state index in [1.165, 1.54) is 11.3 Å². The van der Waals surface area contributed by atoms with E-state index < -0.39 is 18.2 Å². The second-order valence-electron chi connectivity index (χ2n) is 3.76. The Bertz CT molecular complexity index is 560. The highest BCUT2D eigenvalue weighted by atomic mass is 35.5. The monoisotopic (exact) mass is 325 g/mol. The Labute approximate surface area is 123 Å². The van der Waals surface area contributed by atoms with Gasteiger partial charge >= 0.3 is 6.36 Å². The van der Waals surface area contributed by atoms with Crippen LogP contribution < -0.4 is 10.5 Å². The van der Waals surface area contributed by atoms with Gasteiger partial charge in [-0.25, -0.2) is 0 Å². The third-order valence-corrected chi connectivity index (χ3v) is 3.37. The van der Waals surface area contributed by atoms with Gasteiger partial charge in [0.05, 0.1) is 6.04 Å². The largest absolute Gasteiger partial charge is 0.573 e. The molecule has 20 heavy (non-hydrogen) atoms. The molecule has 0 fully saturated rings. The minimum Gasteiger partial charge on any atom is -0.508 e. The third kappa shape index (κ3) is 4.03. The maximum Gasteiger partial charge on any atom is 0.573 e. The summed E-state index contributed by atoms with van der Waals surface area (Å²) >= 11 is 1.35. The van der Waals surface area contributed by atoms with Gasteiger partial charge in [-0.15, -0.1) is 36.9 Å². The van der Waals surface area contributed by atoms with Crippen LogP contribution in [0, 0.1) is 0 Å². The number of phenolic OH excluding ortho intramolecular Hbond substituents is 1. The lowest BCUT2D eigenvalue weighted by Crippen LogP contribution is -2.18. The summed E-state index contributed by atoms with van der Waals surface area (Å²) in [4.78, 5) is 0.736. The van der Waals surface area contributed by atoms with Gasteiger partial charge in [0.15, 0.2) is 0 Å². The van der Waals surface area contributed by atoms with Gasteiger partial charge in [-0.05, 0) is 29.6 Å². The third-order valence-electron chi connectivity index (χ3n) is 2.42. The number of benzene rings is 1. The van der Waals surface area contributed by atoms with Crippen LogP contribution >= 0.6 is 23.7 Å². The van der Waals surface area contributed by atoms with Gasteiger partial charge in [-0.3, -0.25) is 0 Å². The van der Waals surface area contributed by atoms with Crippen LogP contribution in [0.5, 0.6) is 11.5 Å². The van der Waals surface area contributed by atoms with Crippen LogP contribution in [0.1, 0.15) is 16.5 Å². The summed E-state index contributed by atoms with van der Waals surface area (Å²) in [5.74, 6) is -0.581. The molecule has 1 aromatic carbocycles. The highest BCUT2D eigenvalue weighted by Gasteiger charge is 2.31. The predicted octanol–water partition coefficient (Wildman–Crippen LogP) is 3.82. The van der Waals surface area contributed by atoms with E-state index in [1.807, 2.05) is 0 Å². The summed E-state index contributed by atoms with van der Waals surface area (Å²) < 4.78 is 40.2. The van der Waals surface area contributed by atoms with Crippen LogP contribution in [0.15, 0.2) is 35.7 Å². The Morgan fingerprint density at radius 3 is 2.50 bits per heavy atom. The van der Waals surface area contributed by atoms with Gasteiger partial charge in [0, 0.05) is 10.4 Å². The molecule has 0 aliphatic carbocycles. The Hall–Kier alpha value is -1.44. The first-order valence-corrected chi connectivity index (χ1v) is 6.12. The summed E-state index contributed by atoms with van der Waals surface area (Å²) in [6, 6.07) is 6.07. The van der Waals surface area contributed by atoms with Crippen LogP contribution in [-0.4, -0.2) is 11.5 Å². The predicted molar refractivity (Wildman–Crippen MR) is 72.4 cm³/mol. The van der Waals surface area contributed by atoms with Crippen molar-refractivity contribution in [1.82, 2.24) is 0 Å². The van der Waals surface area contributed by atoms with E-state index >= 15 is 0 Å². The van der Waals surface area contributed by atoms with Gasteiger partial charge in [-0.1, -0.05) is 6.07 Å². The minimum atomic E-state index is -4.78. The molecule has 1 atom stereocenters. The van der Waals surface area contributed by atoms with E-state index in [9.17, 15) is 18.3 Å². The molecule has 0 aliphatic heterocycles. The standard InChI is InChI=1S/C12H10F3NO2S.ClH/c13-12(14,15)18-7-3-4-9(17)8(6-7)11(16)10-2-1-5-19-10;/h1-6,11,17H,16H2;1H/t11-;/m1./s1. The lowest BCUT2D eigenvalue weighted by atomic mass is 10.0.